The lowest BCUT2D eigenvalue weighted by molar-refractivity contribution is -0.141. The summed E-state index contributed by atoms with van der Waals surface area (Å²) in [6.45, 7) is 5.46. The van der Waals surface area contributed by atoms with E-state index >= 15 is 0 Å². The largest absolute Gasteiger partial charge is 0.480 e. The SMILES string of the molecule is CCC(C)NC(=O)CCNC(=O)N(C)C(C)C(=O)O. The van der Waals surface area contributed by atoms with Crippen molar-refractivity contribution in [1.82, 2.24) is 15.5 Å². The van der Waals surface area contributed by atoms with Crippen LogP contribution >= 0.6 is 0 Å². The molecule has 2 unspecified atom stereocenters. The van der Waals surface area contributed by atoms with Gasteiger partial charge in [0.15, 0.2) is 0 Å². The molecule has 0 spiro atoms. The van der Waals surface area contributed by atoms with E-state index in [1.165, 1.54) is 14.0 Å². The summed E-state index contributed by atoms with van der Waals surface area (Å²) >= 11 is 0. The molecule has 2 atom stereocenters. The molecule has 0 fully saturated rings. The summed E-state index contributed by atoms with van der Waals surface area (Å²) < 4.78 is 0. The number of carbonyl (C=O) groups is 3. The van der Waals surface area contributed by atoms with Crippen LogP contribution in [0.15, 0.2) is 0 Å². The number of carboxylic acid groups (broad SMARTS) is 1. The second-order valence-electron chi connectivity index (χ2n) is 4.48. The minimum Gasteiger partial charge on any atom is -0.480 e. The smallest absolute Gasteiger partial charge is 0.326 e. The summed E-state index contributed by atoms with van der Waals surface area (Å²) in [6, 6.07) is -1.31. The Labute approximate surface area is 113 Å². The molecule has 7 heteroatoms. The number of amides is 3. The molecule has 0 aliphatic heterocycles. The summed E-state index contributed by atoms with van der Waals surface area (Å²) in [4.78, 5) is 34.8. The number of carbonyl (C=O) groups excluding carboxylic acids is 2. The van der Waals surface area contributed by atoms with Gasteiger partial charge in [-0.15, -0.1) is 0 Å². The summed E-state index contributed by atoms with van der Waals surface area (Å²) in [6.07, 6.45) is 1.02. The predicted octanol–water partition coefficient (Wildman–Crippen LogP) is 0.406. The van der Waals surface area contributed by atoms with E-state index in [9.17, 15) is 14.4 Å². The molecule has 3 amide bonds. The van der Waals surface area contributed by atoms with Crippen molar-refractivity contribution < 1.29 is 19.5 Å². The summed E-state index contributed by atoms with van der Waals surface area (Å²) in [7, 11) is 1.40. The van der Waals surface area contributed by atoms with Crippen molar-refractivity contribution in [3.63, 3.8) is 0 Å². The summed E-state index contributed by atoms with van der Waals surface area (Å²) in [5.74, 6) is -1.21. The van der Waals surface area contributed by atoms with Gasteiger partial charge in [-0.1, -0.05) is 6.92 Å². The number of urea groups is 1. The fourth-order valence-electron chi connectivity index (χ4n) is 1.20. The van der Waals surface area contributed by atoms with E-state index in [1.807, 2.05) is 13.8 Å². The zero-order valence-electron chi connectivity index (χ0n) is 11.9. The Morgan fingerprint density at radius 3 is 2.32 bits per heavy atom. The Morgan fingerprint density at radius 1 is 1.26 bits per heavy atom. The first-order chi connectivity index (χ1) is 8.79. The fourth-order valence-corrected chi connectivity index (χ4v) is 1.20. The van der Waals surface area contributed by atoms with Crippen molar-refractivity contribution in [2.75, 3.05) is 13.6 Å². The van der Waals surface area contributed by atoms with Crippen molar-refractivity contribution in [3.8, 4) is 0 Å². The lowest BCUT2D eigenvalue weighted by Crippen LogP contribution is -2.46. The van der Waals surface area contributed by atoms with E-state index in [0.29, 0.717) is 0 Å². The van der Waals surface area contributed by atoms with Crippen molar-refractivity contribution in [2.24, 2.45) is 0 Å². The molecule has 0 aromatic heterocycles. The van der Waals surface area contributed by atoms with Gasteiger partial charge in [0.1, 0.15) is 6.04 Å². The number of rotatable bonds is 7. The number of nitrogens with zero attached hydrogens (tertiary/aromatic N) is 1. The number of nitrogens with one attached hydrogen (secondary N) is 2. The second kappa shape index (κ2) is 8.34. The highest BCUT2D eigenvalue weighted by Gasteiger charge is 2.21. The van der Waals surface area contributed by atoms with Gasteiger partial charge in [-0.2, -0.15) is 0 Å². The Balaban J connectivity index is 3.98. The fraction of sp³-hybridized carbons (Fsp3) is 0.750. The third-order valence-corrected chi connectivity index (χ3v) is 2.91. The third-order valence-electron chi connectivity index (χ3n) is 2.91. The third kappa shape index (κ3) is 6.64. The van der Waals surface area contributed by atoms with E-state index in [1.54, 1.807) is 0 Å². The molecule has 0 aliphatic carbocycles. The van der Waals surface area contributed by atoms with Crippen LogP contribution in [0.3, 0.4) is 0 Å². The molecule has 7 nitrogen and oxygen atoms in total. The molecule has 0 heterocycles. The minimum absolute atomic E-state index is 0.109. The highest BCUT2D eigenvalue weighted by molar-refractivity contribution is 5.82. The normalized spacial score (nSPS) is 13.3. The zero-order valence-corrected chi connectivity index (χ0v) is 11.9. The first kappa shape index (κ1) is 17.2. The molecule has 0 saturated carbocycles. The average Bonchev–Trinajstić information content (AvgIpc) is 2.36. The van der Waals surface area contributed by atoms with E-state index in [4.69, 9.17) is 5.11 Å². The van der Waals surface area contributed by atoms with Gasteiger partial charge in [0, 0.05) is 26.1 Å². The van der Waals surface area contributed by atoms with Crippen LogP contribution in [-0.2, 0) is 9.59 Å². The number of likely N-dealkylation sites (N-methyl/N-ethyl adjacent to an activating group) is 1. The van der Waals surface area contributed by atoms with Crippen LogP contribution in [0.25, 0.3) is 0 Å². The molecule has 0 rings (SSSR count). The highest BCUT2D eigenvalue weighted by atomic mass is 16.4. The maximum absolute atomic E-state index is 11.6. The van der Waals surface area contributed by atoms with Crippen LogP contribution in [0.5, 0.6) is 0 Å². The van der Waals surface area contributed by atoms with Crippen molar-refractivity contribution in [1.29, 1.82) is 0 Å². The van der Waals surface area contributed by atoms with Gasteiger partial charge < -0.3 is 20.6 Å². The first-order valence-electron chi connectivity index (χ1n) is 6.32. The van der Waals surface area contributed by atoms with E-state index in [-0.39, 0.29) is 24.9 Å². The number of aliphatic carboxylic acids is 1. The number of carboxylic acids is 1. The lowest BCUT2D eigenvalue weighted by atomic mass is 10.2. The molecule has 0 radical (unpaired) electrons. The number of hydrogen-bond donors (Lipinski definition) is 3. The Hall–Kier alpha value is -1.79. The van der Waals surface area contributed by atoms with Crippen LogP contribution in [0.4, 0.5) is 4.79 Å². The molecule has 0 aromatic rings. The van der Waals surface area contributed by atoms with Crippen LogP contribution in [0, 0.1) is 0 Å². The monoisotopic (exact) mass is 273 g/mol. The molecule has 19 heavy (non-hydrogen) atoms. The van der Waals surface area contributed by atoms with Gasteiger partial charge in [-0.25, -0.2) is 9.59 Å². The van der Waals surface area contributed by atoms with Crippen LogP contribution < -0.4 is 10.6 Å². The van der Waals surface area contributed by atoms with Gasteiger partial charge in [0.2, 0.25) is 5.91 Å². The topological polar surface area (TPSA) is 98.7 Å². The van der Waals surface area contributed by atoms with E-state index < -0.39 is 18.0 Å². The number of hydrogen-bond acceptors (Lipinski definition) is 3. The van der Waals surface area contributed by atoms with Crippen molar-refractivity contribution in [3.05, 3.63) is 0 Å². The lowest BCUT2D eigenvalue weighted by Gasteiger charge is -2.21. The van der Waals surface area contributed by atoms with Gasteiger partial charge in [-0.05, 0) is 20.3 Å². The molecular weight excluding hydrogens is 250 g/mol. The Morgan fingerprint density at radius 2 is 1.84 bits per heavy atom. The van der Waals surface area contributed by atoms with E-state index in [2.05, 4.69) is 10.6 Å². The Kier molecular flexibility index (Phi) is 7.55. The van der Waals surface area contributed by atoms with Gasteiger partial charge >= 0.3 is 12.0 Å². The summed E-state index contributed by atoms with van der Waals surface area (Å²) in [5.41, 5.74) is 0. The van der Waals surface area contributed by atoms with Crippen molar-refractivity contribution in [2.45, 2.75) is 45.7 Å². The molecule has 0 bridgehead atoms. The maximum Gasteiger partial charge on any atom is 0.326 e. The standard InChI is InChI=1S/C12H23N3O4/c1-5-8(2)14-10(16)6-7-13-12(19)15(4)9(3)11(17)18/h8-9H,5-7H2,1-4H3,(H,13,19)(H,14,16)(H,17,18). The van der Waals surface area contributed by atoms with E-state index in [0.717, 1.165) is 11.3 Å². The van der Waals surface area contributed by atoms with Gasteiger partial charge in [0.25, 0.3) is 0 Å². The first-order valence-corrected chi connectivity index (χ1v) is 6.32. The van der Waals surface area contributed by atoms with Crippen LogP contribution in [0.1, 0.15) is 33.6 Å². The molecule has 0 saturated heterocycles. The quantitative estimate of drug-likeness (QED) is 0.625. The van der Waals surface area contributed by atoms with Crippen LogP contribution in [0.2, 0.25) is 0 Å². The van der Waals surface area contributed by atoms with Crippen LogP contribution in [-0.4, -0.2) is 53.6 Å². The molecule has 3 N–H and O–H groups in total. The Bertz CT molecular complexity index is 333. The molecule has 0 aliphatic rings. The maximum atomic E-state index is 11.6. The average molecular weight is 273 g/mol. The molecule has 0 aromatic carbocycles. The second-order valence-corrected chi connectivity index (χ2v) is 4.48. The van der Waals surface area contributed by atoms with Crippen molar-refractivity contribution >= 4 is 17.9 Å². The summed E-state index contributed by atoms with van der Waals surface area (Å²) in [5, 5.41) is 14.0. The molecule has 110 valence electrons. The predicted molar refractivity (Wildman–Crippen MR) is 70.8 cm³/mol. The molecular formula is C12H23N3O4. The van der Waals surface area contributed by atoms with Gasteiger partial charge in [-0.3, -0.25) is 4.79 Å². The van der Waals surface area contributed by atoms with Gasteiger partial charge in [0.05, 0.1) is 0 Å². The minimum atomic E-state index is -1.08. The highest BCUT2D eigenvalue weighted by Crippen LogP contribution is 1.96. The zero-order chi connectivity index (χ0) is 15.0.